The summed E-state index contributed by atoms with van der Waals surface area (Å²) in [5.41, 5.74) is 6.07. The van der Waals surface area contributed by atoms with Gasteiger partial charge in [0.25, 0.3) is 0 Å². The number of hydrogen-bond donors (Lipinski definition) is 2. The van der Waals surface area contributed by atoms with Gasteiger partial charge in [0.1, 0.15) is 17.6 Å². The lowest BCUT2D eigenvalue weighted by Crippen LogP contribution is -2.54. The van der Waals surface area contributed by atoms with Crippen molar-refractivity contribution in [2.24, 2.45) is 0 Å². The van der Waals surface area contributed by atoms with E-state index in [1.54, 1.807) is 4.31 Å². The number of nitrogens with zero attached hydrogens (tertiary/aromatic N) is 2. The molecule has 2 saturated heterocycles. The molecule has 0 aromatic heterocycles. The second-order valence-electron chi connectivity index (χ2n) is 6.78. The molecule has 2 heterocycles. The van der Waals surface area contributed by atoms with E-state index in [2.05, 4.69) is 15.8 Å². The van der Waals surface area contributed by atoms with E-state index in [1.165, 1.54) is 0 Å². The van der Waals surface area contributed by atoms with Crippen molar-refractivity contribution in [3.63, 3.8) is 0 Å². The van der Waals surface area contributed by atoms with Crippen LogP contribution < -0.4 is 15.6 Å². The summed E-state index contributed by atoms with van der Waals surface area (Å²) in [5.74, 6) is 0.868. The third-order valence-electron chi connectivity index (χ3n) is 4.98. The van der Waals surface area contributed by atoms with Crippen LogP contribution in [0.1, 0.15) is 13.8 Å². The molecule has 0 amide bonds. The van der Waals surface area contributed by atoms with Crippen LogP contribution in [0.15, 0.2) is 30.3 Å². The van der Waals surface area contributed by atoms with E-state index in [4.69, 9.17) is 4.74 Å². The van der Waals surface area contributed by atoms with Crippen molar-refractivity contribution < 1.29 is 13.2 Å². The van der Waals surface area contributed by atoms with Gasteiger partial charge < -0.3 is 4.74 Å². The van der Waals surface area contributed by atoms with Crippen molar-refractivity contribution in [1.82, 2.24) is 20.1 Å². The molecular formula is C17H28N4O3S. The minimum Gasteiger partial charge on any atom is -0.492 e. The quantitative estimate of drug-likeness (QED) is 0.751. The molecule has 7 nitrogen and oxygen atoms in total. The predicted octanol–water partition coefficient (Wildman–Crippen LogP) is 0.266. The summed E-state index contributed by atoms with van der Waals surface area (Å²) in [7, 11) is -3.30. The molecule has 2 atom stereocenters. The van der Waals surface area contributed by atoms with Crippen LogP contribution in [0.25, 0.3) is 0 Å². The molecule has 0 spiro atoms. The van der Waals surface area contributed by atoms with Crippen LogP contribution in [0.2, 0.25) is 0 Å². The lowest BCUT2D eigenvalue weighted by Gasteiger charge is -2.36. The smallest absolute Gasteiger partial charge is 0.220 e. The molecule has 2 N–H and O–H groups in total. The maximum absolute atomic E-state index is 12.9. The Balaban J connectivity index is 1.47. The lowest BCUT2D eigenvalue weighted by molar-refractivity contribution is 0.158. The Morgan fingerprint density at radius 1 is 1.04 bits per heavy atom. The number of rotatable bonds is 6. The van der Waals surface area contributed by atoms with Crippen molar-refractivity contribution in [2.75, 3.05) is 39.3 Å². The summed E-state index contributed by atoms with van der Waals surface area (Å²) in [5, 5.41) is -0.416. The average Bonchev–Trinajstić information content (AvgIpc) is 2.95. The van der Waals surface area contributed by atoms with Crippen LogP contribution >= 0.6 is 0 Å². The van der Waals surface area contributed by atoms with Gasteiger partial charge in [-0.3, -0.25) is 15.8 Å². The van der Waals surface area contributed by atoms with Crippen molar-refractivity contribution >= 4 is 10.0 Å². The Bertz CT molecular complexity index is 637. The molecule has 0 bridgehead atoms. The van der Waals surface area contributed by atoms with Crippen molar-refractivity contribution in [1.29, 1.82) is 0 Å². The first-order chi connectivity index (χ1) is 12.0. The van der Waals surface area contributed by atoms with Gasteiger partial charge in [-0.25, -0.2) is 8.42 Å². The maximum Gasteiger partial charge on any atom is 0.220 e. The van der Waals surface area contributed by atoms with Gasteiger partial charge in [-0.1, -0.05) is 18.2 Å². The SMILES string of the molecule is CC1NNC(C)C1S(=O)(=O)N1CCN(CCOc2ccccc2)CC1. The Morgan fingerprint density at radius 2 is 1.64 bits per heavy atom. The zero-order valence-electron chi connectivity index (χ0n) is 14.9. The standard InChI is InChI=1S/C17H28N4O3S/c1-14-17(15(2)19-18-14)25(22,23)21-10-8-20(9-11-21)12-13-24-16-6-4-3-5-7-16/h3-7,14-15,17-19H,8-13H2,1-2H3. The highest BCUT2D eigenvalue weighted by molar-refractivity contribution is 7.89. The Kier molecular flexibility index (Phi) is 5.96. The molecule has 0 saturated carbocycles. The molecule has 1 aromatic rings. The fourth-order valence-corrected chi connectivity index (χ4v) is 5.75. The summed E-state index contributed by atoms with van der Waals surface area (Å²) in [6.07, 6.45) is 0. The van der Waals surface area contributed by atoms with Crippen molar-refractivity contribution in [3.05, 3.63) is 30.3 Å². The van der Waals surface area contributed by atoms with Crippen molar-refractivity contribution in [2.45, 2.75) is 31.2 Å². The Labute approximate surface area is 150 Å². The van der Waals surface area contributed by atoms with Gasteiger partial charge in [0.15, 0.2) is 0 Å². The van der Waals surface area contributed by atoms with Crippen LogP contribution in [0.3, 0.4) is 0 Å². The lowest BCUT2D eigenvalue weighted by atomic mass is 10.2. The first-order valence-electron chi connectivity index (χ1n) is 8.88. The number of sulfonamides is 1. The number of para-hydroxylation sites is 1. The topological polar surface area (TPSA) is 73.9 Å². The Hall–Kier alpha value is -1.19. The Morgan fingerprint density at radius 3 is 2.24 bits per heavy atom. The fourth-order valence-electron chi connectivity index (χ4n) is 3.57. The normalized spacial score (nSPS) is 29.0. The highest BCUT2D eigenvalue weighted by Crippen LogP contribution is 2.21. The van der Waals surface area contributed by atoms with E-state index in [0.717, 1.165) is 25.4 Å². The van der Waals surface area contributed by atoms with Crippen molar-refractivity contribution in [3.8, 4) is 5.75 Å². The van der Waals surface area contributed by atoms with Gasteiger partial charge in [-0.15, -0.1) is 0 Å². The number of hydrazine groups is 1. The summed E-state index contributed by atoms with van der Waals surface area (Å²) in [6, 6.07) is 9.58. The van der Waals surface area contributed by atoms with Crippen LogP contribution in [-0.4, -0.2) is 74.3 Å². The molecule has 25 heavy (non-hydrogen) atoms. The molecular weight excluding hydrogens is 340 g/mol. The van der Waals surface area contributed by atoms with Crippen LogP contribution in [0, 0.1) is 0 Å². The third kappa shape index (κ3) is 4.32. The second-order valence-corrected chi connectivity index (χ2v) is 8.87. The maximum atomic E-state index is 12.9. The second kappa shape index (κ2) is 8.01. The number of ether oxygens (including phenoxy) is 1. The molecule has 3 rings (SSSR count). The minimum atomic E-state index is -3.30. The molecule has 8 heteroatoms. The van der Waals surface area contributed by atoms with E-state index in [9.17, 15) is 8.42 Å². The summed E-state index contributed by atoms with van der Waals surface area (Å²) in [4.78, 5) is 2.26. The van der Waals surface area contributed by atoms with Gasteiger partial charge in [0, 0.05) is 44.8 Å². The number of hydrogen-bond acceptors (Lipinski definition) is 6. The monoisotopic (exact) mass is 368 g/mol. The fraction of sp³-hybridized carbons (Fsp3) is 0.647. The van der Waals surface area contributed by atoms with E-state index < -0.39 is 15.3 Å². The molecule has 140 valence electrons. The minimum absolute atomic E-state index is 0.0858. The molecule has 2 aliphatic rings. The molecule has 2 aliphatic heterocycles. The van der Waals surface area contributed by atoms with E-state index in [0.29, 0.717) is 19.7 Å². The van der Waals surface area contributed by atoms with Gasteiger partial charge in [-0.2, -0.15) is 4.31 Å². The number of nitrogens with one attached hydrogen (secondary N) is 2. The predicted molar refractivity (Wildman–Crippen MR) is 97.9 cm³/mol. The molecule has 0 radical (unpaired) electrons. The summed E-state index contributed by atoms with van der Waals surface area (Å²) in [6.45, 7) is 7.82. The zero-order valence-corrected chi connectivity index (χ0v) is 15.7. The largest absolute Gasteiger partial charge is 0.492 e. The first kappa shape index (κ1) is 18.6. The van der Waals surface area contributed by atoms with Gasteiger partial charge in [-0.05, 0) is 26.0 Å². The van der Waals surface area contributed by atoms with Gasteiger partial charge >= 0.3 is 0 Å². The molecule has 2 unspecified atom stereocenters. The molecule has 1 aromatic carbocycles. The highest BCUT2D eigenvalue weighted by Gasteiger charge is 2.43. The highest BCUT2D eigenvalue weighted by atomic mass is 32.2. The zero-order chi connectivity index (χ0) is 17.9. The summed E-state index contributed by atoms with van der Waals surface area (Å²) < 4.78 is 33.2. The summed E-state index contributed by atoms with van der Waals surface area (Å²) >= 11 is 0. The first-order valence-corrected chi connectivity index (χ1v) is 10.4. The van der Waals surface area contributed by atoms with Gasteiger partial charge in [0.05, 0.1) is 0 Å². The average molecular weight is 369 g/mol. The number of benzene rings is 1. The van der Waals surface area contributed by atoms with Crippen LogP contribution in [0.4, 0.5) is 0 Å². The van der Waals surface area contributed by atoms with Gasteiger partial charge in [0.2, 0.25) is 10.0 Å². The van der Waals surface area contributed by atoms with E-state index >= 15 is 0 Å². The van der Waals surface area contributed by atoms with E-state index in [-0.39, 0.29) is 12.1 Å². The molecule has 0 aliphatic carbocycles. The molecule has 2 fully saturated rings. The third-order valence-corrected chi connectivity index (χ3v) is 7.57. The van der Waals surface area contributed by atoms with Crippen LogP contribution in [0.5, 0.6) is 5.75 Å². The number of piperazine rings is 1. The van der Waals surface area contributed by atoms with Crippen LogP contribution in [-0.2, 0) is 10.0 Å². The van der Waals surface area contributed by atoms with E-state index in [1.807, 2.05) is 44.2 Å².